The molecule has 1 aromatic heterocycles. The van der Waals surface area contributed by atoms with Crippen molar-refractivity contribution in [2.75, 3.05) is 33.7 Å². The lowest BCUT2D eigenvalue weighted by atomic mass is 9.96. The van der Waals surface area contributed by atoms with Crippen molar-refractivity contribution in [2.45, 2.75) is 64.3 Å². The van der Waals surface area contributed by atoms with Crippen LogP contribution in [-0.4, -0.2) is 59.0 Å². The lowest BCUT2D eigenvalue weighted by molar-refractivity contribution is -0.132. The molecular formula is C20H34N4O. The number of piperidine rings is 1. The number of amides is 1. The lowest BCUT2D eigenvalue weighted by Crippen LogP contribution is -2.39. The molecule has 1 aliphatic carbocycles. The molecule has 1 amide bonds. The van der Waals surface area contributed by atoms with Crippen molar-refractivity contribution in [2.24, 2.45) is 5.41 Å². The molecule has 0 bridgehead atoms. The smallest absolute Gasteiger partial charge is 0.222 e. The van der Waals surface area contributed by atoms with Gasteiger partial charge in [0, 0.05) is 44.4 Å². The summed E-state index contributed by atoms with van der Waals surface area (Å²) >= 11 is 0. The van der Waals surface area contributed by atoms with E-state index in [1.165, 1.54) is 18.7 Å². The summed E-state index contributed by atoms with van der Waals surface area (Å²) < 4.78 is 2.30. The van der Waals surface area contributed by atoms with Gasteiger partial charge < -0.3 is 14.4 Å². The zero-order valence-electron chi connectivity index (χ0n) is 16.2. The van der Waals surface area contributed by atoms with Crippen molar-refractivity contribution in [3.05, 3.63) is 18.2 Å². The molecule has 0 aromatic carbocycles. The third kappa shape index (κ3) is 5.06. The van der Waals surface area contributed by atoms with E-state index in [2.05, 4.69) is 46.6 Å². The van der Waals surface area contributed by atoms with Crippen LogP contribution in [0.2, 0.25) is 0 Å². The maximum absolute atomic E-state index is 12.6. The number of aromatic nitrogens is 2. The van der Waals surface area contributed by atoms with Crippen LogP contribution in [-0.2, 0) is 11.3 Å². The van der Waals surface area contributed by atoms with E-state index >= 15 is 0 Å². The van der Waals surface area contributed by atoms with Gasteiger partial charge in [-0.25, -0.2) is 4.98 Å². The van der Waals surface area contributed by atoms with Crippen LogP contribution in [0.25, 0.3) is 0 Å². The van der Waals surface area contributed by atoms with Crippen molar-refractivity contribution >= 4 is 5.91 Å². The number of carbonyl (C=O) groups is 1. The Morgan fingerprint density at radius 2 is 2.20 bits per heavy atom. The van der Waals surface area contributed by atoms with Gasteiger partial charge >= 0.3 is 0 Å². The highest BCUT2D eigenvalue weighted by Crippen LogP contribution is 2.49. The van der Waals surface area contributed by atoms with Gasteiger partial charge in [0.05, 0.1) is 0 Å². The Balaban J connectivity index is 1.54. The van der Waals surface area contributed by atoms with Crippen molar-refractivity contribution in [3.8, 4) is 0 Å². The third-order valence-electron chi connectivity index (χ3n) is 5.94. The van der Waals surface area contributed by atoms with Crippen LogP contribution in [0.5, 0.6) is 0 Å². The van der Waals surface area contributed by atoms with Crippen LogP contribution in [0.4, 0.5) is 0 Å². The Morgan fingerprint density at radius 3 is 2.92 bits per heavy atom. The van der Waals surface area contributed by atoms with Gasteiger partial charge in [0.15, 0.2) is 0 Å². The number of imidazole rings is 1. The topological polar surface area (TPSA) is 41.4 Å². The summed E-state index contributed by atoms with van der Waals surface area (Å²) in [5.41, 5.74) is 0.466. The highest BCUT2D eigenvalue weighted by Gasteiger charge is 2.37. The number of hydrogen-bond acceptors (Lipinski definition) is 3. The van der Waals surface area contributed by atoms with E-state index in [9.17, 15) is 4.79 Å². The number of hydrogen-bond donors (Lipinski definition) is 0. The Morgan fingerprint density at radius 1 is 1.40 bits per heavy atom. The van der Waals surface area contributed by atoms with Gasteiger partial charge in [-0.1, -0.05) is 6.92 Å². The molecule has 2 fully saturated rings. The molecule has 2 aliphatic rings. The summed E-state index contributed by atoms with van der Waals surface area (Å²) in [5.74, 6) is 1.91. The zero-order valence-corrected chi connectivity index (χ0v) is 16.2. The maximum atomic E-state index is 12.6. The number of likely N-dealkylation sites (tertiary alicyclic amines) is 1. The first kappa shape index (κ1) is 18.4. The molecule has 2 heterocycles. The molecule has 140 valence electrons. The highest BCUT2D eigenvalue weighted by atomic mass is 16.2. The minimum atomic E-state index is 0.350. The van der Waals surface area contributed by atoms with Crippen molar-refractivity contribution in [1.82, 2.24) is 19.4 Å². The number of rotatable bonds is 8. The monoisotopic (exact) mass is 346 g/mol. The molecule has 5 nitrogen and oxygen atoms in total. The van der Waals surface area contributed by atoms with Gasteiger partial charge in [0.25, 0.3) is 0 Å². The number of nitrogens with zero attached hydrogens (tertiary/aromatic N) is 4. The van der Waals surface area contributed by atoms with Gasteiger partial charge in [-0.3, -0.25) is 4.79 Å². The van der Waals surface area contributed by atoms with Gasteiger partial charge in [0.1, 0.15) is 5.82 Å². The molecule has 1 aliphatic heterocycles. The summed E-state index contributed by atoms with van der Waals surface area (Å²) in [5, 5.41) is 0. The highest BCUT2D eigenvalue weighted by molar-refractivity contribution is 5.76. The molecule has 1 atom stereocenters. The molecule has 0 N–H and O–H groups in total. The molecule has 5 heteroatoms. The van der Waals surface area contributed by atoms with E-state index in [4.69, 9.17) is 0 Å². The minimum Gasteiger partial charge on any atom is -0.342 e. The molecule has 3 rings (SSSR count). The van der Waals surface area contributed by atoms with E-state index in [1.54, 1.807) is 0 Å². The molecule has 1 saturated heterocycles. The summed E-state index contributed by atoms with van der Waals surface area (Å²) in [7, 11) is 4.23. The minimum absolute atomic E-state index is 0.350. The fourth-order valence-corrected chi connectivity index (χ4v) is 3.87. The second-order valence-electron chi connectivity index (χ2n) is 8.63. The van der Waals surface area contributed by atoms with Crippen LogP contribution >= 0.6 is 0 Å². The summed E-state index contributed by atoms with van der Waals surface area (Å²) in [4.78, 5) is 21.6. The first-order valence-corrected chi connectivity index (χ1v) is 9.90. The Labute approximate surface area is 152 Å². The Hall–Kier alpha value is -1.36. The SMILES string of the molecule is CN(C)CCCn1ccnc1[C@@H]1CCCN(C(=O)CCC2(C)CC2)C1. The second kappa shape index (κ2) is 7.90. The maximum Gasteiger partial charge on any atom is 0.222 e. The van der Waals surface area contributed by atoms with Crippen molar-refractivity contribution in [1.29, 1.82) is 0 Å². The van der Waals surface area contributed by atoms with Gasteiger partial charge in [-0.15, -0.1) is 0 Å². The molecular weight excluding hydrogens is 312 g/mol. The van der Waals surface area contributed by atoms with Crippen molar-refractivity contribution in [3.63, 3.8) is 0 Å². The molecule has 25 heavy (non-hydrogen) atoms. The molecule has 0 radical (unpaired) electrons. The first-order valence-electron chi connectivity index (χ1n) is 9.90. The molecule has 1 saturated carbocycles. The second-order valence-corrected chi connectivity index (χ2v) is 8.63. The van der Waals surface area contributed by atoms with Crippen LogP contribution in [0, 0.1) is 5.41 Å². The average molecular weight is 347 g/mol. The summed E-state index contributed by atoms with van der Waals surface area (Å²) in [6.45, 7) is 6.18. The summed E-state index contributed by atoms with van der Waals surface area (Å²) in [6.07, 6.45) is 11.8. The summed E-state index contributed by atoms with van der Waals surface area (Å²) in [6, 6.07) is 0. The predicted octanol–water partition coefficient (Wildman–Crippen LogP) is 3.12. The van der Waals surface area contributed by atoms with E-state index in [1.807, 2.05) is 6.20 Å². The standard InChI is InChI=1S/C20H34N4O/c1-20(9-10-20)8-7-18(25)24-13-4-6-17(16-24)19-21-11-15-23(19)14-5-12-22(2)3/h11,15,17H,4-10,12-14,16H2,1-3H3/t17-/m1/s1. The van der Waals surface area contributed by atoms with Crippen LogP contribution < -0.4 is 0 Å². The Bertz CT molecular complexity index is 576. The van der Waals surface area contributed by atoms with Gasteiger partial charge in [-0.2, -0.15) is 0 Å². The average Bonchev–Trinajstić information content (AvgIpc) is 3.15. The van der Waals surface area contributed by atoms with Gasteiger partial charge in [-0.05, 0) is 64.6 Å². The number of aryl methyl sites for hydroxylation is 1. The van der Waals surface area contributed by atoms with E-state index in [0.29, 0.717) is 17.2 Å². The van der Waals surface area contributed by atoms with Crippen LogP contribution in [0.1, 0.15) is 63.6 Å². The predicted molar refractivity (Wildman–Crippen MR) is 101 cm³/mol. The Kier molecular flexibility index (Phi) is 5.82. The first-order chi connectivity index (χ1) is 12.0. The fraction of sp³-hybridized carbons (Fsp3) is 0.800. The zero-order chi connectivity index (χ0) is 17.9. The van der Waals surface area contributed by atoms with E-state index in [0.717, 1.165) is 58.3 Å². The van der Waals surface area contributed by atoms with Crippen LogP contribution in [0.15, 0.2) is 12.4 Å². The van der Waals surface area contributed by atoms with Crippen molar-refractivity contribution < 1.29 is 4.79 Å². The molecule has 0 spiro atoms. The quantitative estimate of drug-likeness (QED) is 0.726. The number of carbonyl (C=O) groups excluding carboxylic acids is 1. The lowest BCUT2D eigenvalue weighted by Gasteiger charge is -2.33. The molecule has 1 aromatic rings. The normalized spacial score (nSPS) is 22.4. The fourth-order valence-electron chi connectivity index (χ4n) is 3.87. The van der Waals surface area contributed by atoms with E-state index in [-0.39, 0.29) is 0 Å². The van der Waals surface area contributed by atoms with Crippen LogP contribution in [0.3, 0.4) is 0 Å². The molecule has 0 unspecified atom stereocenters. The van der Waals surface area contributed by atoms with E-state index < -0.39 is 0 Å². The van der Waals surface area contributed by atoms with Gasteiger partial charge in [0.2, 0.25) is 5.91 Å². The third-order valence-corrected chi connectivity index (χ3v) is 5.94. The largest absolute Gasteiger partial charge is 0.342 e.